The van der Waals surface area contributed by atoms with Crippen LogP contribution in [0.5, 0.6) is 0 Å². The van der Waals surface area contributed by atoms with Crippen LogP contribution in [0.1, 0.15) is 52.4 Å². The first kappa shape index (κ1) is 21.6. The molecule has 0 amide bonds. The predicted molar refractivity (Wildman–Crippen MR) is 77.7 cm³/mol. The van der Waals surface area contributed by atoms with Crippen LogP contribution in [0.15, 0.2) is 0 Å². The molecule has 0 aromatic rings. The van der Waals surface area contributed by atoms with Crippen LogP contribution in [-0.4, -0.2) is 57.9 Å². The molecule has 1 atom stereocenters. The number of carboxylic acid groups (broad SMARTS) is 1. The number of aliphatic hydroxyl groups is 2. The Kier molecular flexibility index (Phi) is 17.7. The first-order valence-electron chi connectivity index (χ1n) is 7.41. The molecular weight excluding hydrogens is 262 g/mol. The van der Waals surface area contributed by atoms with Crippen LogP contribution >= 0.6 is 0 Å². The van der Waals surface area contributed by atoms with Crippen LogP contribution in [0.4, 0.5) is 0 Å². The van der Waals surface area contributed by atoms with Gasteiger partial charge in [0.15, 0.2) is 0 Å². The second kappa shape index (κ2) is 16.4. The maximum Gasteiger partial charge on any atom is 0.306 e. The zero-order valence-electron chi connectivity index (χ0n) is 12.8. The lowest BCUT2D eigenvalue weighted by Crippen LogP contribution is -2.23. The molecule has 0 aromatic carbocycles. The molecule has 0 saturated carbocycles. The summed E-state index contributed by atoms with van der Waals surface area (Å²) in [5, 5.41) is 35.3. The Morgan fingerprint density at radius 1 is 1.05 bits per heavy atom. The number of unbranched alkanes of at least 4 members (excludes halogenated alkanes) is 1. The van der Waals surface area contributed by atoms with Crippen molar-refractivity contribution in [3.05, 3.63) is 0 Å². The molecule has 1 unspecified atom stereocenters. The van der Waals surface area contributed by atoms with E-state index in [0.717, 1.165) is 30.7 Å². The molecule has 0 spiro atoms. The number of hydroxylamine groups is 2. The van der Waals surface area contributed by atoms with E-state index in [1.807, 2.05) is 6.92 Å². The summed E-state index contributed by atoms with van der Waals surface area (Å²) >= 11 is 0. The lowest BCUT2D eigenvalue weighted by atomic mass is 10.00. The third kappa shape index (κ3) is 15.4. The highest BCUT2D eigenvalue weighted by Crippen LogP contribution is 2.11. The quantitative estimate of drug-likeness (QED) is 0.433. The smallest absolute Gasteiger partial charge is 0.306 e. The van der Waals surface area contributed by atoms with Crippen LogP contribution in [0.2, 0.25) is 0 Å². The fourth-order valence-corrected chi connectivity index (χ4v) is 1.57. The SMILES string of the molecule is CCCCC(CC)C(=O)O.OCCCN(O)CCCO. The molecule has 0 aliphatic carbocycles. The standard InChI is InChI=1S/C8H16O2.C6H15NO3/c1-3-5-6-7(4-2)8(9)10;8-5-1-3-7(10)4-2-6-9/h7H,3-6H2,1-2H3,(H,9,10);8-10H,1-6H2. The van der Waals surface area contributed by atoms with E-state index in [2.05, 4.69) is 6.92 Å². The van der Waals surface area contributed by atoms with E-state index in [0.29, 0.717) is 25.9 Å². The van der Waals surface area contributed by atoms with Gasteiger partial charge in [-0.05, 0) is 25.7 Å². The van der Waals surface area contributed by atoms with E-state index in [9.17, 15) is 4.79 Å². The van der Waals surface area contributed by atoms with Crippen molar-refractivity contribution in [2.75, 3.05) is 26.3 Å². The van der Waals surface area contributed by atoms with Gasteiger partial charge in [-0.25, -0.2) is 0 Å². The molecule has 0 radical (unpaired) electrons. The highest BCUT2D eigenvalue weighted by atomic mass is 16.5. The summed E-state index contributed by atoms with van der Waals surface area (Å²) in [4.78, 5) is 10.4. The van der Waals surface area contributed by atoms with Crippen molar-refractivity contribution in [3.63, 3.8) is 0 Å². The third-order valence-corrected chi connectivity index (χ3v) is 2.90. The van der Waals surface area contributed by atoms with Crippen molar-refractivity contribution in [1.29, 1.82) is 0 Å². The van der Waals surface area contributed by atoms with Gasteiger partial charge in [-0.15, -0.1) is 0 Å². The number of carbonyl (C=O) groups is 1. The molecule has 0 aliphatic rings. The van der Waals surface area contributed by atoms with Crippen molar-refractivity contribution in [2.45, 2.75) is 52.4 Å². The maximum absolute atomic E-state index is 10.4. The average molecular weight is 293 g/mol. The Bertz CT molecular complexity index is 206. The van der Waals surface area contributed by atoms with Gasteiger partial charge in [0.2, 0.25) is 0 Å². The van der Waals surface area contributed by atoms with Gasteiger partial charge >= 0.3 is 5.97 Å². The van der Waals surface area contributed by atoms with E-state index >= 15 is 0 Å². The number of aliphatic carboxylic acids is 1. The van der Waals surface area contributed by atoms with Gasteiger partial charge < -0.3 is 20.5 Å². The molecule has 4 N–H and O–H groups in total. The summed E-state index contributed by atoms with van der Waals surface area (Å²) < 4.78 is 0. The zero-order valence-corrected chi connectivity index (χ0v) is 12.8. The molecule has 0 aliphatic heterocycles. The number of hydrogen-bond donors (Lipinski definition) is 4. The number of nitrogens with zero attached hydrogens (tertiary/aromatic N) is 1. The summed E-state index contributed by atoms with van der Waals surface area (Å²) in [6.45, 7) is 5.13. The average Bonchev–Trinajstić information content (AvgIpc) is 2.44. The third-order valence-electron chi connectivity index (χ3n) is 2.90. The highest BCUT2D eigenvalue weighted by molar-refractivity contribution is 5.69. The molecule has 0 fully saturated rings. The van der Waals surface area contributed by atoms with Gasteiger partial charge in [0.05, 0.1) is 5.92 Å². The van der Waals surface area contributed by atoms with E-state index < -0.39 is 5.97 Å². The minimum atomic E-state index is -0.643. The molecule has 6 heteroatoms. The van der Waals surface area contributed by atoms with Crippen molar-refractivity contribution in [1.82, 2.24) is 5.06 Å². The van der Waals surface area contributed by atoms with E-state index in [-0.39, 0.29) is 19.1 Å². The molecule has 0 heterocycles. The van der Waals surface area contributed by atoms with Crippen molar-refractivity contribution in [2.24, 2.45) is 5.92 Å². The largest absolute Gasteiger partial charge is 0.481 e. The van der Waals surface area contributed by atoms with Gasteiger partial charge in [0.1, 0.15) is 0 Å². The van der Waals surface area contributed by atoms with Gasteiger partial charge in [-0.1, -0.05) is 26.7 Å². The topological polar surface area (TPSA) is 101 Å². The lowest BCUT2D eigenvalue weighted by Gasteiger charge is -2.12. The highest BCUT2D eigenvalue weighted by Gasteiger charge is 2.12. The first-order chi connectivity index (χ1) is 9.53. The van der Waals surface area contributed by atoms with Crippen LogP contribution in [0, 0.1) is 5.92 Å². The molecular formula is C14H31NO5. The number of aliphatic hydroxyl groups excluding tert-OH is 2. The predicted octanol–water partition coefficient (Wildman–Crippen LogP) is 1.73. The van der Waals surface area contributed by atoms with Crippen molar-refractivity contribution >= 4 is 5.97 Å². The zero-order chi connectivity index (χ0) is 15.8. The molecule has 0 aromatic heterocycles. The number of carboxylic acids is 1. The number of rotatable bonds is 11. The second-order valence-electron chi connectivity index (χ2n) is 4.69. The Morgan fingerprint density at radius 3 is 1.85 bits per heavy atom. The minimum absolute atomic E-state index is 0.0934. The molecule has 122 valence electrons. The second-order valence-corrected chi connectivity index (χ2v) is 4.69. The molecule has 0 bridgehead atoms. The fraction of sp³-hybridized carbons (Fsp3) is 0.929. The Balaban J connectivity index is 0. The van der Waals surface area contributed by atoms with Crippen LogP contribution in [0.3, 0.4) is 0 Å². The Hall–Kier alpha value is -0.690. The summed E-state index contributed by atoms with van der Waals surface area (Å²) in [7, 11) is 0. The Morgan fingerprint density at radius 2 is 1.55 bits per heavy atom. The molecule has 0 rings (SSSR count). The maximum atomic E-state index is 10.4. The summed E-state index contributed by atoms with van der Waals surface area (Å²) in [6, 6.07) is 0. The molecule has 20 heavy (non-hydrogen) atoms. The van der Waals surface area contributed by atoms with Crippen molar-refractivity contribution in [3.8, 4) is 0 Å². The number of hydrogen-bond acceptors (Lipinski definition) is 5. The minimum Gasteiger partial charge on any atom is -0.481 e. The Labute approximate surface area is 122 Å². The van der Waals surface area contributed by atoms with Crippen LogP contribution in [0.25, 0.3) is 0 Å². The summed E-state index contributed by atoms with van der Waals surface area (Å²) in [5.41, 5.74) is 0. The fourth-order valence-electron chi connectivity index (χ4n) is 1.57. The van der Waals surface area contributed by atoms with Crippen LogP contribution in [-0.2, 0) is 4.79 Å². The van der Waals surface area contributed by atoms with Gasteiger partial charge in [-0.2, -0.15) is 5.06 Å². The normalized spacial score (nSPS) is 11.9. The van der Waals surface area contributed by atoms with Gasteiger partial charge in [0.25, 0.3) is 0 Å². The van der Waals surface area contributed by atoms with Gasteiger partial charge in [-0.3, -0.25) is 4.79 Å². The van der Waals surface area contributed by atoms with E-state index in [1.54, 1.807) is 0 Å². The molecule has 0 saturated heterocycles. The van der Waals surface area contributed by atoms with Gasteiger partial charge in [0, 0.05) is 26.3 Å². The lowest BCUT2D eigenvalue weighted by molar-refractivity contribution is -0.142. The molecule has 6 nitrogen and oxygen atoms in total. The van der Waals surface area contributed by atoms with Crippen LogP contribution < -0.4 is 0 Å². The monoisotopic (exact) mass is 293 g/mol. The van der Waals surface area contributed by atoms with E-state index in [4.69, 9.17) is 20.5 Å². The van der Waals surface area contributed by atoms with E-state index in [1.165, 1.54) is 0 Å². The first-order valence-corrected chi connectivity index (χ1v) is 7.41. The summed E-state index contributed by atoms with van der Waals surface area (Å²) in [6.07, 6.45) is 4.86. The summed E-state index contributed by atoms with van der Waals surface area (Å²) in [5.74, 6) is -0.754. The van der Waals surface area contributed by atoms with Crippen molar-refractivity contribution < 1.29 is 25.3 Å².